The Morgan fingerprint density at radius 1 is 1.18 bits per heavy atom. The molecule has 118 valence electrons. The maximum Gasteiger partial charge on any atom is 0.255 e. The molecule has 2 aromatic rings. The average Bonchev–Trinajstić information content (AvgIpc) is 2.49. The number of aromatic nitrogens is 1. The lowest BCUT2D eigenvalue weighted by Gasteiger charge is -2.16. The summed E-state index contributed by atoms with van der Waals surface area (Å²) in [5, 5.41) is 3.19. The largest absolute Gasteiger partial charge is 0.490 e. The zero-order chi connectivity index (χ0) is 16.1. The van der Waals surface area contributed by atoms with E-state index in [-0.39, 0.29) is 11.7 Å². The van der Waals surface area contributed by atoms with E-state index >= 15 is 0 Å². The molecule has 1 N–H and O–H groups in total. The van der Waals surface area contributed by atoms with Gasteiger partial charge in [0.25, 0.3) is 5.56 Å². The van der Waals surface area contributed by atoms with Gasteiger partial charge in [-0.2, -0.15) is 0 Å². The third kappa shape index (κ3) is 3.57. The number of rotatable bonds is 6. The number of benzene rings is 1. The highest BCUT2D eigenvalue weighted by Gasteiger charge is 2.12. The molecule has 0 radical (unpaired) electrons. The number of para-hydroxylation sites is 1. The summed E-state index contributed by atoms with van der Waals surface area (Å²) in [6.45, 7) is 7.45. The monoisotopic (exact) mass is 300 g/mol. The molecule has 4 heteroatoms. The first-order valence-electron chi connectivity index (χ1n) is 7.70. The predicted octanol–water partition coefficient (Wildman–Crippen LogP) is 2.95. The second-order valence-corrected chi connectivity index (χ2v) is 5.55. The zero-order valence-corrected chi connectivity index (χ0v) is 13.7. The molecule has 0 saturated carbocycles. The Bertz CT molecular complexity index is 690. The number of ether oxygens (including phenoxy) is 1. The van der Waals surface area contributed by atoms with E-state index in [1.54, 1.807) is 11.6 Å². The van der Waals surface area contributed by atoms with Crippen LogP contribution in [0.1, 0.15) is 26.3 Å². The molecule has 0 atom stereocenters. The van der Waals surface area contributed by atoms with Gasteiger partial charge in [0.15, 0.2) is 0 Å². The number of nitrogens with zero attached hydrogens (tertiary/aromatic N) is 1. The molecule has 0 aliphatic heterocycles. The SMILES string of the molecule is CCNCc1ccc(-c2ccccc2OC(C)C)n(C)c1=O. The molecular weight excluding hydrogens is 276 g/mol. The third-order valence-electron chi connectivity index (χ3n) is 3.47. The van der Waals surface area contributed by atoms with E-state index in [9.17, 15) is 4.79 Å². The molecule has 0 fully saturated rings. The number of pyridine rings is 1. The molecule has 0 aliphatic carbocycles. The summed E-state index contributed by atoms with van der Waals surface area (Å²) >= 11 is 0. The summed E-state index contributed by atoms with van der Waals surface area (Å²) in [5.41, 5.74) is 2.60. The maximum atomic E-state index is 12.5. The van der Waals surface area contributed by atoms with Crippen LogP contribution in [0.2, 0.25) is 0 Å². The Kier molecular flexibility index (Phi) is 5.39. The minimum Gasteiger partial charge on any atom is -0.490 e. The number of hydrogen-bond donors (Lipinski definition) is 1. The fourth-order valence-electron chi connectivity index (χ4n) is 2.39. The lowest BCUT2D eigenvalue weighted by atomic mass is 10.1. The molecule has 1 aromatic heterocycles. The van der Waals surface area contributed by atoms with Gasteiger partial charge in [-0.05, 0) is 38.6 Å². The van der Waals surface area contributed by atoms with Gasteiger partial charge in [-0.1, -0.05) is 25.1 Å². The lowest BCUT2D eigenvalue weighted by Crippen LogP contribution is -2.26. The van der Waals surface area contributed by atoms with Gasteiger partial charge in [0.1, 0.15) is 5.75 Å². The van der Waals surface area contributed by atoms with Crippen LogP contribution < -0.4 is 15.6 Å². The number of hydrogen-bond acceptors (Lipinski definition) is 3. The van der Waals surface area contributed by atoms with Crippen molar-refractivity contribution in [1.82, 2.24) is 9.88 Å². The Morgan fingerprint density at radius 3 is 2.59 bits per heavy atom. The standard InChI is InChI=1S/C18H24N2O2/c1-5-19-12-14-10-11-16(20(4)18(14)21)15-8-6-7-9-17(15)22-13(2)3/h6-11,13,19H,5,12H2,1-4H3. The van der Waals surface area contributed by atoms with Crippen LogP contribution in [0.3, 0.4) is 0 Å². The van der Waals surface area contributed by atoms with Crippen molar-refractivity contribution in [3.63, 3.8) is 0 Å². The average molecular weight is 300 g/mol. The summed E-state index contributed by atoms with van der Waals surface area (Å²) in [6.07, 6.45) is 0.0891. The zero-order valence-electron chi connectivity index (χ0n) is 13.7. The fraction of sp³-hybridized carbons (Fsp3) is 0.389. The molecule has 1 heterocycles. The first-order chi connectivity index (χ1) is 10.5. The van der Waals surface area contributed by atoms with Crippen LogP contribution in [-0.2, 0) is 13.6 Å². The van der Waals surface area contributed by atoms with Crippen molar-refractivity contribution in [3.05, 3.63) is 52.3 Å². The molecule has 0 unspecified atom stereocenters. The minimum absolute atomic E-state index is 0.0257. The number of nitrogens with one attached hydrogen (secondary N) is 1. The highest BCUT2D eigenvalue weighted by atomic mass is 16.5. The van der Waals surface area contributed by atoms with E-state index in [2.05, 4.69) is 5.32 Å². The van der Waals surface area contributed by atoms with E-state index in [0.717, 1.165) is 29.1 Å². The topological polar surface area (TPSA) is 43.3 Å². The van der Waals surface area contributed by atoms with E-state index in [1.807, 2.05) is 57.2 Å². The van der Waals surface area contributed by atoms with Crippen molar-refractivity contribution >= 4 is 0 Å². The third-order valence-corrected chi connectivity index (χ3v) is 3.47. The normalized spacial score (nSPS) is 11.0. The van der Waals surface area contributed by atoms with Gasteiger partial charge in [-0.25, -0.2) is 0 Å². The van der Waals surface area contributed by atoms with Gasteiger partial charge in [0.2, 0.25) is 0 Å². The summed E-state index contributed by atoms with van der Waals surface area (Å²) in [4.78, 5) is 12.5. The van der Waals surface area contributed by atoms with Crippen molar-refractivity contribution in [2.75, 3.05) is 6.54 Å². The van der Waals surface area contributed by atoms with Gasteiger partial charge in [0.05, 0.1) is 11.8 Å². The van der Waals surface area contributed by atoms with Gasteiger partial charge >= 0.3 is 0 Å². The molecule has 22 heavy (non-hydrogen) atoms. The summed E-state index contributed by atoms with van der Waals surface area (Å²) < 4.78 is 7.55. The maximum absolute atomic E-state index is 12.5. The Morgan fingerprint density at radius 2 is 1.91 bits per heavy atom. The van der Waals surface area contributed by atoms with Crippen LogP contribution in [0, 0.1) is 0 Å². The molecule has 0 bridgehead atoms. The van der Waals surface area contributed by atoms with Gasteiger partial charge in [-0.15, -0.1) is 0 Å². The second-order valence-electron chi connectivity index (χ2n) is 5.55. The molecule has 1 aromatic carbocycles. The summed E-state index contributed by atoms with van der Waals surface area (Å²) in [7, 11) is 1.80. The molecule has 2 rings (SSSR count). The van der Waals surface area contributed by atoms with E-state index in [4.69, 9.17) is 4.74 Å². The van der Waals surface area contributed by atoms with Crippen molar-refractivity contribution in [2.45, 2.75) is 33.4 Å². The second kappa shape index (κ2) is 7.27. The minimum atomic E-state index is 0.0257. The highest BCUT2D eigenvalue weighted by molar-refractivity contribution is 5.67. The van der Waals surface area contributed by atoms with Crippen LogP contribution >= 0.6 is 0 Å². The quantitative estimate of drug-likeness (QED) is 0.892. The van der Waals surface area contributed by atoms with Gasteiger partial charge in [-0.3, -0.25) is 4.79 Å². The van der Waals surface area contributed by atoms with E-state index in [1.165, 1.54) is 0 Å². The lowest BCUT2D eigenvalue weighted by molar-refractivity contribution is 0.243. The Labute approximate surface area is 131 Å². The highest BCUT2D eigenvalue weighted by Crippen LogP contribution is 2.29. The molecule has 0 spiro atoms. The van der Waals surface area contributed by atoms with Crippen molar-refractivity contribution in [2.24, 2.45) is 7.05 Å². The molecular formula is C18H24N2O2. The first kappa shape index (κ1) is 16.3. The van der Waals surface area contributed by atoms with Gasteiger partial charge < -0.3 is 14.6 Å². The fourth-order valence-corrected chi connectivity index (χ4v) is 2.39. The molecule has 0 amide bonds. The van der Waals surface area contributed by atoms with Crippen LogP contribution in [0.4, 0.5) is 0 Å². The van der Waals surface area contributed by atoms with Crippen LogP contribution in [0.15, 0.2) is 41.2 Å². The van der Waals surface area contributed by atoms with Crippen LogP contribution in [-0.4, -0.2) is 17.2 Å². The Balaban J connectivity index is 2.46. The van der Waals surface area contributed by atoms with Crippen LogP contribution in [0.5, 0.6) is 5.75 Å². The summed E-state index contributed by atoms with van der Waals surface area (Å²) in [5.74, 6) is 0.798. The molecule has 0 aliphatic rings. The van der Waals surface area contributed by atoms with Crippen molar-refractivity contribution in [1.29, 1.82) is 0 Å². The smallest absolute Gasteiger partial charge is 0.255 e. The van der Waals surface area contributed by atoms with Crippen molar-refractivity contribution < 1.29 is 4.74 Å². The van der Waals surface area contributed by atoms with Gasteiger partial charge in [0, 0.05) is 24.7 Å². The molecule has 0 saturated heterocycles. The first-order valence-corrected chi connectivity index (χ1v) is 7.70. The van der Waals surface area contributed by atoms with E-state index < -0.39 is 0 Å². The van der Waals surface area contributed by atoms with Crippen molar-refractivity contribution in [3.8, 4) is 17.0 Å². The molecule has 4 nitrogen and oxygen atoms in total. The van der Waals surface area contributed by atoms with Crippen LogP contribution in [0.25, 0.3) is 11.3 Å². The Hall–Kier alpha value is -2.07. The predicted molar refractivity (Wildman–Crippen MR) is 90.3 cm³/mol. The van der Waals surface area contributed by atoms with E-state index in [0.29, 0.717) is 6.54 Å². The summed E-state index contributed by atoms with van der Waals surface area (Å²) in [6, 6.07) is 11.7.